The number of rotatable bonds is 4. The quantitative estimate of drug-likeness (QED) is 0.629. The number of hydrogen-bond donors (Lipinski definition) is 0. The van der Waals surface area contributed by atoms with Gasteiger partial charge in [-0.15, -0.1) is 0 Å². The van der Waals surface area contributed by atoms with Crippen molar-refractivity contribution < 1.29 is 9.85 Å². The zero-order valence-corrected chi connectivity index (χ0v) is 10.9. The molecule has 0 spiro atoms. The van der Waals surface area contributed by atoms with Gasteiger partial charge in [-0.1, -0.05) is 18.2 Å². The third-order valence-corrected chi connectivity index (χ3v) is 3.03. The Bertz CT molecular complexity index is 693. The Morgan fingerprint density at radius 3 is 2.35 bits per heavy atom. The van der Waals surface area contributed by atoms with Crippen molar-refractivity contribution in [2.24, 2.45) is 0 Å². The smallest absolute Gasteiger partial charge is 0.258 e. The zero-order chi connectivity index (χ0) is 14.9. The SMILES string of the molecule is Cc1nn(Cc2ccccc2[N+](=O)[O-])c(C)c1[N+](=O)[O-]. The van der Waals surface area contributed by atoms with Gasteiger partial charge < -0.3 is 0 Å². The number of aryl methyl sites for hydroxylation is 1. The summed E-state index contributed by atoms with van der Waals surface area (Å²) in [5, 5.41) is 26.0. The van der Waals surface area contributed by atoms with Gasteiger partial charge in [0.2, 0.25) is 0 Å². The lowest BCUT2D eigenvalue weighted by molar-refractivity contribution is -0.386. The van der Waals surface area contributed by atoms with Crippen LogP contribution in [0.2, 0.25) is 0 Å². The Kier molecular flexibility index (Phi) is 3.47. The van der Waals surface area contributed by atoms with Crippen LogP contribution in [0, 0.1) is 34.1 Å². The molecule has 0 atom stereocenters. The van der Waals surface area contributed by atoms with E-state index in [-0.39, 0.29) is 17.9 Å². The minimum Gasteiger partial charge on any atom is -0.258 e. The van der Waals surface area contributed by atoms with Crippen molar-refractivity contribution in [1.82, 2.24) is 9.78 Å². The molecule has 8 nitrogen and oxygen atoms in total. The van der Waals surface area contributed by atoms with Crippen molar-refractivity contribution in [1.29, 1.82) is 0 Å². The van der Waals surface area contributed by atoms with Crippen LogP contribution in [0.1, 0.15) is 17.0 Å². The van der Waals surface area contributed by atoms with Crippen LogP contribution in [0.3, 0.4) is 0 Å². The van der Waals surface area contributed by atoms with Crippen LogP contribution in [0.25, 0.3) is 0 Å². The van der Waals surface area contributed by atoms with Gasteiger partial charge in [-0.05, 0) is 13.8 Å². The van der Waals surface area contributed by atoms with E-state index in [9.17, 15) is 20.2 Å². The summed E-state index contributed by atoms with van der Waals surface area (Å²) in [6.07, 6.45) is 0. The minimum atomic E-state index is -0.492. The molecule has 2 rings (SSSR count). The molecular weight excluding hydrogens is 264 g/mol. The fourth-order valence-electron chi connectivity index (χ4n) is 2.09. The molecule has 1 aromatic carbocycles. The van der Waals surface area contributed by atoms with Gasteiger partial charge in [-0.25, -0.2) is 0 Å². The van der Waals surface area contributed by atoms with Crippen LogP contribution >= 0.6 is 0 Å². The number of aromatic nitrogens is 2. The van der Waals surface area contributed by atoms with Crippen molar-refractivity contribution in [3.63, 3.8) is 0 Å². The summed E-state index contributed by atoms with van der Waals surface area (Å²) in [6.45, 7) is 3.24. The maximum atomic E-state index is 10.9. The first-order valence-corrected chi connectivity index (χ1v) is 5.82. The maximum Gasteiger partial charge on any atom is 0.312 e. The van der Waals surface area contributed by atoms with E-state index in [1.54, 1.807) is 32.0 Å². The molecular formula is C12H12N4O4. The molecule has 2 aromatic rings. The first-order valence-electron chi connectivity index (χ1n) is 5.82. The molecule has 0 aliphatic rings. The van der Waals surface area contributed by atoms with Crippen LogP contribution in [0.4, 0.5) is 11.4 Å². The van der Waals surface area contributed by atoms with Crippen molar-refractivity contribution in [2.75, 3.05) is 0 Å². The summed E-state index contributed by atoms with van der Waals surface area (Å²) in [5.41, 5.74) is 1.06. The summed E-state index contributed by atoms with van der Waals surface area (Å²) < 4.78 is 1.41. The molecule has 0 unspecified atom stereocenters. The second-order valence-electron chi connectivity index (χ2n) is 4.32. The maximum absolute atomic E-state index is 10.9. The van der Waals surface area contributed by atoms with Crippen molar-refractivity contribution in [3.8, 4) is 0 Å². The van der Waals surface area contributed by atoms with Gasteiger partial charge >= 0.3 is 5.69 Å². The standard InChI is InChI=1S/C12H12N4O4/c1-8-12(16(19)20)9(2)14(13-8)7-10-5-3-4-6-11(10)15(17)18/h3-6H,7H2,1-2H3. The topological polar surface area (TPSA) is 104 Å². The van der Waals surface area contributed by atoms with E-state index in [4.69, 9.17) is 0 Å². The molecule has 104 valence electrons. The fraction of sp³-hybridized carbons (Fsp3) is 0.250. The molecule has 0 bridgehead atoms. The first-order chi connectivity index (χ1) is 9.41. The lowest BCUT2D eigenvalue weighted by Crippen LogP contribution is -2.06. The molecule has 0 amide bonds. The summed E-state index contributed by atoms with van der Waals surface area (Å²) in [4.78, 5) is 20.9. The third-order valence-electron chi connectivity index (χ3n) is 3.03. The predicted octanol–water partition coefficient (Wildman–Crippen LogP) is 2.36. The van der Waals surface area contributed by atoms with Crippen LogP contribution < -0.4 is 0 Å². The molecule has 0 radical (unpaired) electrons. The molecule has 1 heterocycles. The summed E-state index contributed by atoms with van der Waals surface area (Å²) in [6, 6.07) is 6.27. The lowest BCUT2D eigenvalue weighted by atomic mass is 10.2. The van der Waals surface area contributed by atoms with E-state index >= 15 is 0 Å². The number of benzene rings is 1. The van der Waals surface area contributed by atoms with Crippen LogP contribution in [0.15, 0.2) is 24.3 Å². The van der Waals surface area contributed by atoms with E-state index < -0.39 is 9.85 Å². The molecule has 0 aliphatic carbocycles. The fourth-order valence-corrected chi connectivity index (χ4v) is 2.09. The minimum absolute atomic E-state index is 0.0253. The second kappa shape index (κ2) is 5.08. The van der Waals surface area contributed by atoms with E-state index in [2.05, 4.69) is 5.10 Å². The molecule has 0 aliphatic heterocycles. The van der Waals surface area contributed by atoms with Gasteiger partial charge in [-0.3, -0.25) is 24.9 Å². The summed E-state index contributed by atoms with van der Waals surface area (Å²) >= 11 is 0. The number of nitrogens with zero attached hydrogens (tertiary/aromatic N) is 4. The highest BCUT2D eigenvalue weighted by molar-refractivity contribution is 5.43. The normalized spacial score (nSPS) is 10.5. The molecule has 0 N–H and O–H groups in total. The van der Waals surface area contributed by atoms with Gasteiger partial charge in [0.15, 0.2) is 0 Å². The van der Waals surface area contributed by atoms with Gasteiger partial charge in [-0.2, -0.15) is 5.10 Å². The predicted molar refractivity (Wildman–Crippen MR) is 70.6 cm³/mol. The molecule has 8 heteroatoms. The molecule has 20 heavy (non-hydrogen) atoms. The molecule has 0 saturated heterocycles. The Labute approximate surface area is 113 Å². The van der Waals surface area contributed by atoms with E-state index in [0.717, 1.165) is 0 Å². The van der Waals surface area contributed by atoms with Crippen LogP contribution in [-0.4, -0.2) is 19.6 Å². The van der Waals surface area contributed by atoms with Gasteiger partial charge in [0, 0.05) is 6.07 Å². The van der Waals surface area contributed by atoms with Crippen LogP contribution in [0.5, 0.6) is 0 Å². The van der Waals surface area contributed by atoms with E-state index in [1.165, 1.54) is 10.7 Å². The average molecular weight is 276 g/mol. The monoisotopic (exact) mass is 276 g/mol. The number of para-hydroxylation sites is 1. The average Bonchev–Trinajstić information content (AvgIpc) is 2.64. The highest BCUT2D eigenvalue weighted by Gasteiger charge is 2.23. The first kappa shape index (κ1) is 13.7. The van der Waals surface area contributed by atoms with E-state index in [0.29, 0.717) is 17.0 Å². The third kappa shape index (κ3) is 2.35. The van der Waals surface area contributed by atoms with Gasteiger partial charge in [0.25, 0.3) is 5.69 Å². The molecule has 1 aromatic heterocycles. The summed E-state index contributed by atoms with van der Waals surface area (Å²) in [7, 11) is 0. The Hall–Kier alpha value is -2.77. The Morgan fingerprint density at radius 1 is 1.15 bits per heavy atom. The lowest BCUT2D eigenvalue weighted by Gasteiger charge is -2.04. The number of hydrogen-bond acceptors (Lipinski definition) is 5. The highest BCUT2D eigenvalue weighted by Crippen LogP contribution is 2.24. The van der Waals surface area contributed by atoms with Crippen LogP contribution in [-0.2, 0) is 6.54 Å². The highest BCUT2D eigenvalue weighted by atomic mass is 16.6. The van der Waals surface area contributed by atoms with Gasteiger partial charge in [0.05, 0.1) is 22.0 Å². The molecule has 0 fully saturated rings. The Balaban J connectivity index is 2.44. The second-order valence-corrected chi connectivity index (χ2v) is 4.32. The number of nitro groups is 2. The van der Waals surface area contributed by atoms with Crippen molar-refractivity contribution in [2.45, 2.75) is 20.4 Å². The zero-order valence-electron chi connectivity index (χ0n) is 10.9. The Morgan fingerprint density at radius 2 is 1.80 bits per heavy atom. The van der Waals surface area contributed by atoms with Crippen molar-refractivity contribution in [3.05, 3.63) is 61.4 Å². The largest absolute Gasteiger partial charge is 0.312 e. The van der Waals surface area contributed by atoms with Crippen molar-refractivity contribution >= 4 is 11.4 Å². The van der Waals surface area contributed by atoms with Gasteiger partial charge in [0.1, 0.15) is 11.4 Å². The summed E-state index contributed by atoms with van der Waals surface area (Å²) in [5.74, 6) is 0. The number of nitro benzene ring substituents is 1. The molecule has 0 saturated carbocycles. The van der Waals surface area contributed by atoms with E-state index in [1.807, 2.05) is 0 Å².